The zero-order valence-corrected chi connectivity index (χ0v) is 13.4. The van der Waals surface area contributed by atoms with Gasteiger partial charge < -0.3 is 9.84 Å². The first kappa shape index (κ1) is 16.4. The second kappa shape index (κ2) is 6.87. The standard InChI is InChI=1S/C13H23N3O4S/c1-11-13(12(2)16(14-11)6-3-8-17)21(18,19)15-5-4-9-20-10-7-15/h17H,3-10H2,1-2H3. The molecule has 1 aliphatic rings. The molecule has 2 heterocycles. The monoisotopic (exact) mass is 317 g/mol. The van der Waals surface area contributed by atoms with Crippen LogP contribution in [0, 0.1) is 13.8 Å². The molecule has 0 atom stereocenters. The van der Waals surface area contributed by atoms with Gasteiger partial charge in [-0.1, -0.05) is 0 Å². The zero-order valence-electron chi connectivity index (χ0n) is 12.6. The zero-order chi connectivity index (χ0) is 15.5. The van der Waals surface area contributed by atoms with E-state index in [9.17, 15) is 8.42 Å². The fourth-order valence-corrected chi connectivity index (χ4v) is 4.42. The average Bonchev–Trinajstić information content (AvgIpc) is 2.63. The van der Waals surface area contributed by atoms with Crippen LogP contribution in [0.1, 0.15) is 24.2 Å². The third-order valence-corrected chi connectivity index (χ3v) is 5.77. The van der Waals surface area contributed by atoms with Crippen molar-refractivity contribution in [2.45, 2.75) is 38.1 Å². The molecule has 0 saturated carbocycles. The van der Waals surface area contributed by atoms with Crippen molar-refractivity contribution < 1.29 is 18.3 Å². The maximum atomic E-state index is 12.8. The number of nitrogens with zero attached hydrogens (tertiary/aromatic N) is 3. The number of rotatable bonds is 5. The summed E-state index contributed by atoms with van der Waals surface area (Å²) >= 11 is 0. The van der Waals surface area contributed by atoms with E-state index in [1.54, 1.807) is 18.5 Å². The molecule has 0 spiro atoms. The Balaban J connectivity index is 2.32. The molecule has 0 aromatic carbocycles. The first-order chi connectivity index (χ1) is 9.98. The predicted octanol–water partition coefficient (Wildman–Crippen LogP) is 0.293. The molecule has 21 heavy (non-hydrogen) atoms. The van der Waals surface area contributed by atoms with Crippen molar-refractivity contribution in [2.24, 2.45) is 0 Å². The van der Waals surface area contributed by atoms with Gasteiger partial charge in [0.15, 0.2) is 0 Å². The molecule has 1 aromatic heterocycles. The van der Waals surface area contributed by atoms with Gasteiger partial charge in [0.25, 0.3) is 0 Å². The SMILES string of the molecule is Cc1nn(CCCO)c(C)c1S(=O)(=O)N1CCCOCC1. The van der Waals surface area contributed by atoms with Crippen molar-refractivity contribution in [3.8, 4) is 0 Å². The Labute approximate surface area is 125 Å². The summed E-state index contributed by atoms with van der Waals surface area (Å²) in [5.41, 5.74) is 1.14. The van der Waals surface area contributed by atoms with Crippen LogP contribution in [0.5, 0.6) is 0 Å². The topological polar surface area (TPSA) is 84.7 Å². The second-order valence-corrected chi connectivity index (χ2v) is 7.05. The molecular formula is C13H23N3O4S. The van der Waals surface area contributed by atoms with Gasteiger partial charge in [-0.05, 0) is 26.7 Å². The number of hydrogen-bond donors (Lipinski definition) is 1. The summed E-state index contributed by atoms with van der Waals surface area (Å²) in [6.45, 7) is 5.93. The summed E-state index contributed by atoms with van der Waals surface area (Å²) in [7, 11) is -3.54. The molecule has 0 aliphatic carbocycles. The molecule has 7 nitrogen and oxygen atoms in total. The fourth-order valence-electron chi connectivity index (χ4n) is 2.58. The number of aryl methyl sites for hydroxylation is 2. The van der Waals surface area contributed by atoms with Crippen molar-refractivity contribution in [1.29, 1.82) is 0 Å². The molecule has 0 bridgehead atoms. The van der Waals surface area contributed by atoms with E-state index in [4.69, 9.17) is 9.84 Å². The molecule has 1 N–H and O–H groups in total. The van der Waals surface area contributed by atoms with Crippen molar-refractivity contribution in [1.82, 2.24) is 14.1 Å². The van der Waals surface area contributed by atoms with E-state index in [-0.39, 0.29) is 6.61 Å². The molecule has 1 fully saturated rings. The first-order valence-corrected chi connectivity index (χ1v) is 8.65. The smallest absolute Gasteiger partial charge is 0.246 e. The highest BCUT2D eigenvalue weighted by Gasteiger charge is 2.31. The third kappa shape index (κ3) is 3.45. The lowest BCUT2D eigenvalue weighted by Gasteiger charge is -2.19. The van der Waals surface area contributed by atoms with Crippen LogP contribution in [0.4, 0.5) is 0 Å². The van der Waals surface area contributed by atoms with E-state index in [0.717, 1.165) is 0 Å². The Hall–Kier alpha value is -0.960. The van der Waals surface area contributed by atoms with Crippen molar-refractivity contribution in [3.05, 3.63) is 11.4 Å². The van der Waals surface area contributed by atoms with Crippen LogP contribution in [-0.2, 0) is 21.3 Å². The highest BCUT2D eigenvalue weighted by molar-refractivity contribution is 7.89. The lowest BCUT2D eigenvalue weighted by molar-refractivity contribution is 0.148. The molecule has 0 radical (unpaired) electrons. The number of aromatic nitrogens is 2. The van der Waals surface area contributed by atoms with Crippen LogP contribution >= 0.6 is 0 Å². The minimum absolute atomic E-state index is 0.0594. The molecule has 0 unspecified atom stereocenters. The summed E-state index contributed by atoms with van der Waals surface area (Å²) in [6.07, 6.45) is 1.26. The summed E-state index contributed by atoms with van der Waals surface area (Å²) in [6, 6.07) is 0. The molecule has 1 aromatic rings. The van der Waals surface area contributed by atoms with E-state index >= 15 is 0 Å². The molecule has 1 saturated heterocycles. The van der Waals surface area contributed by atoms with Crippen LogP contribution in [-0.4, -0.2) is 60.5 Å². The van der Waals surface area contributed by atoms with Gasteiger partial charge in [0.1, 0.15) is 4.90 Å². The molecule has 1 aliphatic heterocycles. The van der Waals surface area contributed by atoms with Crippen molar-refractivity contribution in [3.63, 3.8) is 0 Å². The van der Waals surface area contributed by atoms with Crippen molar-refractivity contribution >= 4 is 10.0 Å². The number of sulfonamides is 1. The fraction of sp³-hybridized carbons (Fsp3) is 0.769. The minimum Gasteiger partial charge on any atom is -0.396 e. The van der Waals surface area contributed by atoms with E-state index in [0.29, 0.717) is 62.0 Å². The molecule has 8 heteroatoms. The Morgan fingerprint density at radius 1 is 1.29 bits per heavy atom. The Bertz CT molecular complexity index is 574. The third-order valence-electron chi connectivity index (χ3n) is 3.62. The van der Waals surface area contributed by atoms with Crippen LogP contribution in [0.15, 0.2) is 4.90 Å². The van der Waals surface area contributed by atoms with E-state index < -0.39 is 10.0 Å². The number of hydrogen-bond acceptors (Lipinski definition) is 5. The molecular weight excluding hydrogens is 294 g/mol. The van der Waals surface area contributed by atoms with Crippen molar-refractivity contribution in [2.75, 3.05) is 32.9 Å². The van der Waals surface area contributed by atoms with Gasteiger partial charge in [-0.15, -0.1) is 0 Å². The van der Waals surface area contributed by atoms with Crippen LogP contribution < -0.4 is 0 Å². The van der Waals surface area contributed by atoms with E-state index in [2.05, 4.69) is 5.10 Å². The van der Waals surface area contributed by atoms with Gasteiger partial charge >= 0.3 is 0 Å². The number of aliphatic hydroxyl groups is 1. The number of ether oxygens (including phenoxy) is 1. The number of aliphatic hydroxyl groups excluding tert-OH is 1. The quantitative estimate of drug-likeness (QED) is 0.844. The largest absolute Gasteiger partial charge is 0.396 e. The predicted molar refractivity (Wildman–Crippen MR) is 77.6 cm³/mol. The maximum absolute atomic E-state index is 12.8. The van der Waals surface area contributed by atoms with Gasteiger partial charge in [-0.2, -0.15) is 9.40 Å². The lowest BCUT2D eigenvalue weighted by Crippen LogP contribution is -2.33. The molecule has 120 valence electrons. The summed E-state index contributed by atoms with van der Waals surface area (Å²) in [5.74, 6) is 0. The average molecular weight is 317 g/mol. The Kier molecular flexibility index (Phi) is 5.37. The van der Waals surface area contributed by atoms with Gasteiger partial charge in [0.2, 0.25) is 10.0 Å². The summed E-state index contributed by atoms with van der Waals surface area (Å²) in [5, 5.41) is 13.2. The van der Waals surface area contributed by atoms with Crippen LogP contribution in [0.3, 0.4) is 0 Å². The second-order valence-electron chi connectivity index (χ2n) is 5.17. The lowest BCUT2D eigenvalue weighted by atomic mass is 10.4. The summed E-state index contributed by atoms with van der Waals surface area (Å²) < 4.78 is 34.1. The van der Waals surface area contributed by atoms with Crippen LogP contribution in [0.2, 0.25) is 0 Å². The highest BCUT2D eigenvalue weighted by Crippen LogP contribution is 2.24. The van der Waals surface area contributed by atoms with Gasteiger partial charge in [0, 0.05) is 32.8 Å². The molecule has 2 rings (SSSR count). The van der Waals surface area contributed by atoms with E-state index in [1.807, 2.05) is 0 Å². The van der Waals surface area contributed by atoms with Gasteiger partial charge in [-0.3, -0.25) is 4.68 Å². The van der Waals surface area contributed by atoms with E-state index in [1.165, 1.54) is 4.31 Å². The van der Waals surface area contributed by atoms with Gasteiger partial charge in [0.05, 0.1) is 18.0 Å². The summed E-state index contributed by atoms with van der Waals surface area (Å²) in [4.78, 5) is 0.294. The Morgan fingerprint density at radius 3 is 2.76 bits per heavy atom. The first-order valence-electron chi connectivity index (χ1n) is 7.21. The molecule has 0 amide bonds. The minimum atomic E-state index is -3.54. The normalized spacial score (nSPS) is 17.9. The highest BCUT2D eigenvalue weighted by atomic mass is 32.2. The van der Waals surface area contributed by atoms with Gasteiger partial charge in [-0.25, -0.2) is 8.42 Å². The van der Waals surface area contributed by atoms with Crippen LogP contribution in [0.25, 0.3) is 0 Å². The Morgan fingerprint density at radius 2 is 2.05 bits per heavy atom. The maximum Gasteiger partial charge on any atom is 0.246 e.